The van der Waals surface area contributed by atoms with Crippen molar-refractivity contribution in [3.05, 3.63) is 51.6 Å². The van der Waals surface area contributed by atoms with Gasteiger partial charge in [-0.25, -0.2) is 0 Å². The first-order chi connectivity index (χ1) is 12.9. The molecule has 146 valence electrons. The van der Waals surface area contributed by atoms with Crippen LogP contribution in [0.3, 0.4) is 0 Å². The Bertz CT molecular complexity index is 833. The van der Waals surface area contributed by atoms with Crippen molar-refractivity contribution in [3.8, 4) is 17.2 Å². The highest BCUT2D eigenvalue weighted by Crippen LogP contribution is 2.37. The third-order valence-corrected chi connectivity index (χ3v) is 3.92. The molecular weight excluding hydrogens is 356 g/mol. The summed E-state index contributed by atoms with van der Waals surface area (Å²) >= 11 is 0. The summed E-state index contributed by atoms with van der Waals surface area (Å²) in [5.41, 5.74) is -0.211. The second kappa shape index (κ2) is 9.09. The lowest BCUT2D eigenvalue weighted by molar-refractivity contribution is -0.143. The van der Waals surface area contributed by atoms with Crippen LogP contribution < -0.4 is 14.9 Å². The van der Waals surface area contributed by atoms with E-state index in [2.05, 4.69) is 0 Å². The molecule has 0 aliphatic heterocycles. The average Bonchev–Trinajstić information content (AvgIpc) is 2.68. The number of aliphatic hydroxyl groups is 1. The van der Waals surface area contributed by atoms with Crippen molar-refractivity contribution >= 4 is 5.97 Å². The third kappa shape index (κ3) is 4.79. The topological polar surface area (TPSA) is 115 Å². The highest BCUT2D eigenvalue weighted by molar-refractivity contribution is 5.71. The maximum atomic E-state index is 12.1. The molecule has 8 heteroatoms. The molecule has 0 saturated heterocycles. The minimum atomic E-state index is -0.854. The van der Waals surface area contributed by atoms with Crippen LogP contribution in [-0.4, -0.2) is 37.0 Å². The van der Waals surface area contributed by atoms with Crippen LogP contribution in [0.15, 0.2) is 33.5 Å². The van der Waals surface area contributed by atoms with Gasteiger partial charge in [0.1, 0.15) is 23.9 Å². The number of aromatic hydroxyl groups is 1. The van der Waals surface area contributed by atoms with E-state index in [-0.39, 0.29) is 24.5 Å². The van der Waals surface area contributed by atoms with Crippen LogP contribution >= 0.6 is 0 Å². The Kier molecular flexibility index (Phi) is 6.84. The molecular formula is C19H22O8. The molecule has 0 spiro atoms. The maximum Gasteiger partial charge on any atom is 0.306 e. The number of carbonyl (C=O) groups is 1. The molecule has 1 aromatic carbocycles. The smallest absolute Gasteiger partial charge is 0.306 e. The Morgan fingerprint density at radius 3 is 2.30 bits per heavy atom. The molecule has 2 rings (SSSR count). The molecule has 0 bridgehead atoms. The fourth-order valence-corrected chi connectivity index (χ4v) is 2.65. The van der Waals surface area contributed by atoms with Gasteiger partial charge in [0.15, 0.2) is 5.76 Å². The van der Waals surface area contributed by atoms with E-state index < -0.39 is 29.7 Å². The van der Waals surface area contributed by atoms with Crippen LogP contribution in [0.2, 0.25) is 0 Å². The van der Waals surface area contributed by atoms with E-state index in [0.29, 0.717) is 17.1 Å². The number of carbonyl (C=O) groups excluding carboxylic acids is 1. The number of esters is 1. The molecule has 0 aliphatic carbocycles. The molecule has 0 saturated carbocycles. The highest BCUT2D eigenvalue weighted by Gasteiger charge is 2.27. The first-order valence-corrected chi connectivity index (χ1v) is 8.28. The van der Waals surface area contributed by atoms with Gasteiger partial charge in [0.05, 0.1) is 33.2 Å². The van der Waals surface area contributed by atoms with Gasteiger partial charge in [-0.2, -0.15) is 0 Å². The summed E-state index contributed by atoms with van der Waals surface area (Å²) in [4.78, 5) is 24.2. The predicted molar refractivity (Wildman–Crippen MR) is 95.2 cm³/mol. The van der Waals surface area contributed by atoms with Crippen molar-refractivity contribution in [2.24, 2.45) is 0 Å². The number of aliphatic hydroxyl groups excluding tert-OH is 1. The lowest BCUT2D eigenvalue weighted by Gasteiger charge is -2.19. The zero-order valence-electron chi connectivity index (χ0n) is 15.4. The SMILES string of the molecule is CCOC(=O)C[C@@H](c1cc(OC)cc(OC)c1)c1oc(CO)cc(=O)c1O. The summed E-state index contributed by atoms with van der Waals surface area (Å²) in [6, 6.07) is 5.91. The van der Waals surface area contributed by atoms with Crippen LogP contribution in [0.4, 0.5) is 0 Å². The van der Waals surface area contributed by atoms with Gasteiger partial charge in [-0.15, -0.1) is 0 Å². The molecule has 1 heterocycles. The fraction of sp³-hybridized carbons (Fsp3) is 0.368. The molecule has 8 nitrogen and oxygen atoms in total. The average molecular weight is 378 g/mol. The lowest BCUT2D eigenvalue weighted by Crippen LogP contribution is -2.15. The monoisotopic (exact) mass is 378 g/mol. The standard InChI is InChI=1S/C19H22O8/c1-4-26-17(22)9-15(11-5-12(24-2)7-13(6-11)25-3)19-18(23)16(21)8-14(10-20)27-19/h5-8,15,20,23H,4,9-10H2,1-3H3/t15-/m0/s1. The third-order valence-electron chi connectivity index (χ3n) is 3.92. The molecule has 1 atom stereocenters. The first-order valence-electron chi connectivity index (χ1n) is 8.28. The zero-order chi connectivity index (χ0) is 20.0. The van der Waals surface area contributed by atoms with Crippen LogP contribution in [-0.2, 0) is 16.1 Å². The fourth-order valence-electron chi connectivity index (χ4n) is 2.65. The van der Waals surface area contributed by atoms with Crippen LogP contribution in [0, 0.1) is 0 Å². The van der Waals surface area contributed by atoms with Crippen LogP contribution in [0.1, 0.15) is 36.3 Å². The van der Waals surface area contributed by atoms with Crippen LogP contribution in [0.25, 0.3) is 0 Å². The van der Waals surface area contributed by atoms with Crippen molar-refractivity contribution in [1.29, 1.82) is 0 Å². The van der Waals surface area contributed by atoms with E-state index in [1.165, 1.54) is 14.2 Å². The molecule has 0 radical (unpaired) electrons. The number of hydrogen-bond donors (Lipinski definition) is 2. The van der Waals surface area contributed by atoms with E-state index >= 15 is 0 Å². The molecule has 27 heavy (non-hydrogen) atoms. The minimum absolute atomic E-state index is 0.0310. The van der Waals surface area contributed by atoms with Gasteiger partial charge < -0.3 is 28.8 Å². The Balaban J connectivity index is 2.64. The van der Waals surface area contributed by atoms with Gasteiger partial charge in [-0.1, -0.05) is 0 Å². The van der Waals surface area contributed by atoms with Gasteiger partial charge in [0.2, 0.25) is 11.2 Å². The van der Waals surface area contributed by atoms with Gasteiger partial charge in [0, 0.05) is 12.1 Å². The molecule has 0 fully saturated rings. The molecule has 0 unspecified atom stereocenters. The van der Waals surface area contributed by atoms with Crippen molar-refractivity contribution in [2.45, 2.75) is 25.9 Å². The summed E-state index contributed by atoms with van der Waals surface area (Å²) < 4.78 is 21.0. The maximum absolute atomic E-state index is 12.1. The molecule has 1 aromatic heterocycles. The first kappa shape index (κ1) is 20.3. The number of benzene rings is 1. The summed E-state index contributed by atoms with van der Waals surface area (Å²) in [5, 5.41) is 19.6. The van der Waals surface area contributed by atoms with Crippen molar-refractivity contribution < 1.29 is 33.6 Å². The normalized spacial score (nSPS) is 11.7. The van der Waals surface area contributed by atoms with Crippen molar-refractivity contribution in [2.75, 3.05) is 20.8 Å². The summed E-state index contributed by atoms with van der Waals surface area (Å²) in [6.45, 7) is 1.32. The molecule has 2 aromatic rings. The van der Waals surface area contributed by atoms with Gasteiger partial charge in [0.25, 0.3) is 0 Å². The van der Waals surface area contributed by atoms with Gasteiger partial charge in [-0.05, 0) is 24.6 Å². The highest BCUT2D eigenvalue weighted by atomic mass is 16.5. The van der Waals surface area contributed by atoms with E-state index in [4.69, 9.17) is 18.6 Å². The quantitative estimate of drug-likeness (QED) is 0.670. The Morgan fingerprint density at radius 1 is 1.15 bits per heavy atom. The Labute approximate surface area is 155 Å². The second-order valence-electron chi connectivity index (χ2n) is 5.66. The summed E-state index contributed by atoms with van der Waals surface area (Å²) in [6.07, 6.45) is -0.199. The van der Waals surface area contributed by atoms with Crippen LogP contribution in [0.5, 0.6) is 17.2 Å². The molecule has 0 aliphatic rings. The van der Waals surface area contributed by atoms with Crippen molar-refractivity contribution in [1.82, 2.24) is 0 Å². The number of methoxy groups -OCH3 is 2. The lowest BCUT2D eigenvalue weighted by atomic mass is 9.91. The van der Waals surface area contributed by atoms with E-state index in [1.807, 2.05) is 0 Å². The van der Waals surface area contributed by atoms with E-state index in [0.717, 1.165) is 6.07 Å². The minimum Gasteiger partial charge on any atom is -0.502 e. The predicted octanol–water partition coefficient (Wildman–Crippen LogP) is 1.94. The van der Waals surface area contributed by atoms with E-state index in [9.17, 15) is 19.8 Å². The number of rotatable bonds is 8. The summed E-state index contributed by atoms with van der Waals surface area (Å²) in [7, 11) is 2.95. The largest absolute Gasteiger partial charge is 0.502 e. The van der Waals surface area contributed by atoms with Gasteiger partial charge in [-0.3, -0.25) is 9.59 Å². The summed E-state index contributed by atoms with van der Waals surface area (Å²) in [5.74, 6) is -1.29. The molecule has 2 N–H and O–H groups in total. The number of ether oxygens (including phenoxy) is 3. The Morgan fingerprint density at radius 2 is 1.78 bits per heavy atom. The van der Waals surface area contributed by atoms with E-state index in [1.54, 1.807) is 25.1 Å². The van der Waals surface area contributed by atoms with Crippen molar-refractivity contribution in [3.63, 3.8) is 0 Å². The molecule has 0 amide bonds. The number of hydrogen-bond acceptors (Lipinski definition) is 8. The van der Waals surface area contributed by atoms with Gasteiger partial charge >= 0.3 is 5.97 Å². The zero-order valence-corrected chi connectivity index (χ0v) is 15.4. The Hall–Kier alpha value is -3.00. The second-order valence-corrected chi connectivity index (χ2v) is 5.66.